The van der Waals surface area contributed by atoms with Crippen LogP contribution < -0.4 is 9.47 Å². The number of carbonyl (C=O) groups is 1. The lowest BCUT2D eigenvalue weighted by atomic mass is 10.1. The van der Waals surface area contributed by atoms with Crippen LogP contribution >= 0.6 is 0 Å². The first-order valence-corrected chi connectivity index (χ1v) is 7.75. The van der Waals surface area contributed by atoms with Crippen molar-refractivity contribution >= 4 is 5.91 Å². The van der Waals surface area contributed by atoms with Gasteiger partial charge in [-0.15, -0.1) is 0 Å². The SMILES string of the molecule is Cc1cc(C)cc(C(=O)N(C)Cc2ccc3c(c2)OCCO3)c1. The van der Waals surface area contributed by atoms with Gasteiger partial charge in [-0.2, -0.15) is 0 Å². The van der Waals surface area contributed by atoms with Crippen molar-refractivity contribution in [2.45, 2.75) is 20.4 Å². The highest BCUT2D eigenvalue weighted by atomic mass is 16.6. The molecule has 0 atom stereocenters. The van der Waals surface area contributed by atoms with E-state index in [4.69, 9.17) is 9.47 Å². The predicted molar refractivity (Wildman–Crippen MR) is 89.1 cm³/mol. The van der Waals surface area contributed by atoms with Crippen LogP contribution in [0.25, 0.3) is 0 Å². The van der Waals surface area contributed by atoms with Gasteiger partial charge in [0.15, 0.2) is 11.5 Å². The van der Waals surface area contributed by atoms with E-state index in [0.717, 1.165) is 33.8 Å². The van der Waals surface area contributed by atoms with E-state index in [1.54, 1.807) is 4.90 Å². The molecule has 1 heterocycles. The number of hydrogen-bond donors (Lipinski definition) is 0. The summed E-state index contributed by atoms with van der Waals surface area (Å²) in [4.78, 5) is 14.3. The van der Waals surface area contributed by atoms with Crippen molar-refractivity contribution in [2.24, 2.45) is 0 Å². The summed E-state index contributed by atoms with van der Waals surface area (Å²) >= 11 is 0. The van der Waals surface area contributed by atoms with Gasteiger partial charge in [-0.25, -0.2) is 0 Å². The average Bonchev–Trinajstić information content (AvgIpc) is 2.53. The van der Waals surface area contributed by atoms with Gasteiger partial charge < -0.3 is 14.4 Å². The summed E-state index contributed by atoms with van der Waals surface area (Å²) in [6.45, 7) is 5.68. The summed E-state index contributed by atoms with van der Waals surface area (Å²) in [5.74, 6) is 1.54. The number of nitrogens with zero attached hydrogens (tertiary/aromatic N) is 1. The summed E-state index contributed by atoms with van der Waals surface area (Å²) in [7, 11) is 1.82. The standard InChI is InChI=1S/C19H21NO3/c1-13-8-14(2)10-16(9-13)19(21)20(3)12-15-4-5-17-18(11-15)23-7-6-22-17/h4-5,8-11H,6-7,12H2,1-3H3. The Morgan fingerprint density at radius 2 is 1.65 bits per heavy atom. The van der Waals surface area contributed by atoms with Crippen LogP contribution in [0.5, 0.6) is 11.5 Å². The van der Waals surface area contributed by atoms with Crippen LogP contribution in [0.1, 0.15) is 27.0 Å². The van der Waals surface area contributed by atoms with E-state index in [1.165, 1.54) is 0 Å². The van der Waals surface area contributed by atoms with Gasteiger partial charge in [-0.1, -0.05) is 23.3 Å². The lowest BCUT2D eigenvalue weighted by Crippen LogP contribution is -2.26. The molecule has 0 spiro atoms. The minimum atomic E-state index is 0.0201. The quantitative estimate of drug-likeness (QED) is 0.872. The van der Waals surface area contributed by atoms with Gasteiger partial charge in [0.2, 0.25) is 0 Å². The Labute approximate surface area is 136 Å². The molecule has 4 nitrogen and oxygen atoms in total. The smallest absolute Gasteiger partial charge is 0.253 e. The molecule has 3 rings (SSSR count). The Bertz CT molecular complexity index is 719. The zero-order valence-electron chi connectivity index (χ0n) is 13.8. The van der Waals surface area contributed by atoms with Crippen LogP contribution in [0.2, 0.25) is 0 Å². The Morgan fingerprint density at radius 3 is 2.35 bits per heavy atom. The van der Waals surface area contributed by atoms with E-state index in [0.29, 0.717) is 19.8 Å². The first-order chi connectivity index (χ1) is 11.0. The summed E-state index contributed by atoms with van der Waals surface area (Å²) in [5, 5.41) is 0. The molecule has 1 amide bonds. The van der Waals surface area contributed by atoms with Crippen molar-refractivity contribution in [3.63, 3.8) is 0 Å². The fourth-order valence-electron chi connectivity index (χ4n) is 2.85. The zero-order chi connectivity index (χ0) is 16.4. The van der Waals surface area contributed by atoms with Gasteiger partial charge in [-0.3, -0.25) is 4.79 Å². The van der Waals surface area contributed by atoms with Gasteiger partial charge in [0.05, 0.1) is 0 Å². The Hall–Kier alpha value is -2.49. The molecule has 0 radical (unpaired) electrons. The fourth-order valence-corrected chi connectivity index (χ4v) is 2.85. The first-order valence-electron chi connectivity index (χ1n) is 7.75. The van der Waals surface area contributed by atoms with Crippen molar-refractivity contribution < 1.29 is 14.3 Å². The van der Waals surface area contributed by atoms with Gasteiger partial charge in [0, 0.05) is 19.2 Å². The molecule has 0 unspecified atom stereocenters. The van der Waals surface area contributed by atoms with E-state index < -0.39 is 0 Å². The van der Waals surface area contributed by atoms with Crippen molar-refractivity contribution in [3.05, 3.63) is 58.7 Å². The van der Waals surface area contributed by atoms with E-state index in [2.05, 4.69) is 6.07 Å². The maximum absolute atomic E-state index is 12.6. The number of hydrogen-bond acceptors (Lipinski definition) is 3. The number of fused-ring (bicyclic) bond motifs is 1. The Kier molecular flexibility index (Phi) is 4.24. The van der Waals surface area contributed by atoms with Crippen LogP contribution in [0.3, 0.4) is 0 Å². The van der Waals surface area contributed by atoms with Crippen molar-refractivity contribution in [1.82, 2.24) is 4.90 Å². The second kappa shape index (κ2) is 6.32. The van der Waals surface area contributed by atoms with Crippen LogP contribution in [0.15, 0.2) is 36.4 Å². The lowest BCUT2D eigenvalue weighted by Gasteiger charge is -2.21. The molecule has 2 aromatic rings. The molecule has 120 valence electrons. The number of carbonyl (C=O) groups excluding carboxylic acids is 1. The highest BCUT2D eigenvalue weighted by molar-refractivity contribution is 5.94. The monoisotopic (exact) mass is 311 g/mol. The molecule has 0 aromatic heterocycles. The molecule has 0 saturated carbocycles. The van der Waals surface area contributed by atoms with E-state index >= 15 is 0 Å². The topological polar surface area (TPSA) is 38.8 Å². The lowest BCUT2D eigenvalue weighted by molar-refractivity contribution is 0.0784. The maximum atomic E-state index is 12.6. The van der Waals surface area contributed by atoms with Crippen LogP contribution in [-0.2, 0) is 6.54 Å². The molecule has 0 bridgehead atoms. The van der Waals surface area contributed by atoms with Gasteiger partial charge >= 0.3 is 0 Å². The van der Waals surface area contributed by atoms with Gasteiger partial charge in [0.1, 0.15) is 13.2 Å². The minimum Gasteiger partial charge on any atom is -0.486 e. The van der Waals surface area contributed by atoms with Gasteiger partial charge in [0.25, 0.3) is 5.91 Å². The molecule has 1 aliphatic heterocycles. The molecule has 1 aliphatic rings. The zero-order valence-corrected chi connectivity index (χ0v) is 13.8. The molecule has 23 heavy (non-hydrogen) atoms. The summed E-state index contributed by atoms with van der Waals surface area (Å²) < 4.78 is 11.1. The van der Waals surface area contributed by atoms with E-state index in [9.17, 15) is 4.79 Å². The molecule has 0 aliphatic carbocycles. The second-order valence-corrected chi connectivity index (χ2v) is 6.02. The second-order valence-electron chi connectivity index (χ2n) is 6.02. The average molecular weight is 311 g/mol. The molecule has 4 heteroatoms. The predicted octanol–water partition coefficient (Wildman–Crippen LogP) is 3.35. The Morgan fingerprint density at radius 1 is 1.00 bits per heavy atom. The third-order valence-electron chi connectivity index (χ3n) is 3.84. The fraction of sp³-hybridized carbons (Fsp3) is 0.316. The maximum Gasteiger partial charge on any atom is 0.253 e. The van der Waals surface area contributed by atoms with Crippen molar-refractivity contribution in [1.29, 1.82) is 0 Å². The summed E-state index contributed by atoms with van der Waals surface area (Å²) in [6, 6.07) is 11.7. The third kappa shape index (κ3) is 3.47. The number of ether oxygens (including phenoxy) is 2. The highest BCUT2D eigenvalue weighted by Crippen LogP contribution is 2.31. The molecular formula is C19H21NO3. The van der Waals surface area contributed by atoms with E-state index in [1.807, 2.05) is 51.2 Å². The van der Waals surface area contributed by atoms with Gasteiger partial charge in [-0.05, 0) is 43.7 Å². The number of amides is 1. The summed E-state index contributed by atoms with van der Waals surface area (Å²) in [5.41, 5.74) is 3.94. The van der Waals surface area contributed by atoms with Crippen molar-refractivity contribution in [2.75, 3.05) is 20.3 Å². The molecule has 0 N–H and O–H groups in total. The van der Waals surface area contributed by atoms with Crippen molar-refractivity contribution in [3.8, 4) is 11.5 Å². The molecule has 0 fully saturated rings. The highest BCUT2D eigenvalue weighted by Gasteiger charge is 2.16. The minimum absolute atomic E-state index is 0.0201. The third-order valence-corrected chi connectivity index (χ3v) is 3.84. The normalized spacial score (nSPS) is 12.8. The molecular weight excluding hydrogens is 290 g/mol. The number of benzene rings is 2. The summed E-state index contributed by atoms with van der Waals surface area (Å²) in [6.07, 6.45) is 0. The number of rotatable bonds is 3. The van der Waals surface area contributed by atoms with Crippen LogP contribution in [0.4, 0.5) is 0 Å². The van der Waals surface area contributed by atoms with E-state index in [-0.39, 0.29) is 5.91 Å². The van der Waals surface area contributed by atoms with Crippen LogP contribution in [-0.4, -0.2) is 31.1 Å². The Balaban J connectivity index is 1.75. The first kappa shape index (κ1) is 15.4. The number of aryl methyl sites for hydroxylation is 2. The molecule has 0 saturated heterocycles. The largest absolute Gasteiger partial charge is 0.486 e. The van der Waals surface area contributed by atoms with Crippen LogP contribution in [0, 0.1) is 13.8 Å². The molecule has 2 aromatic carbocycles.